The van der Waals surface area contributed by atoms with Crippen molar-refractivity contribution in [1.29, 1.82) is 5.41 Å². The Labute approximate surface area is 248 Å². The second kappa shape index (κ2) is 13.0. The highest BCUT2D eigenvalue weighted by Crippen LogP contribution is 2.40. The molecule has 1 saturated heterocycles. The Morgan fingerprint density at radius 2 is 1.93 bits per heavy atom. The molecule has 0 amide bonds. The molecule has 0 spiro atoms. The summed E-state index contributed by atoms with van der Waals surface area (Å²) in [6.07, 6.45) is 7.24. The van der Waals surface area contributed by atoms with Crippen molar-refractivity contribution in [3.63, 3.8) is 0 Å². The summed E-state index contributed by atoms with van der Waals surface area (Å²) in [5.41, 5.74) is 3.24. The number of nitrogens with one attached hydrogen (secondary N) is 5. The van der Waals surface area contributed by atoms with Gasteiger partial charge in [0.25, 0.3) is 0 Å². The fourth-order valence-electron chi connectivity index (χ4n) is 5.29. The van der Waals surface area contributed by atoms with E-state index in [2.05, 4.69) is 64.1 Å². The van der Waals surface area contributed by atoms with Gasteiger partial charge in [0.1, 0.15) is 10.8 Å². The minimum absolute atomic E-state index is 0.0306. The highest BCUT2D eigenvalue weighted by molar-refractivity contribution is 8.06. The van der Waals surface area contributed by atoms with Crippen molar-refractivity contribution in [3.8, 4) is 5.75 Å². The number of ether oxygens (including phenoxy) is 1. The molecule has 4 rings (SSSR count). The lowest BCUT2D eigenvalue weighted by Gasteiger charge is -2.34. The first-order valence-electron chi connectivity index (χ1n) is 14.2. The minimum atomic E-state index is -3.82. The van der Waals surface area contributed by atoms with Crippen LogP contribution in [0.1, 0.15) is 70.4 Å². The second-order valence-corrected chi connectivity index (χ2v) is 14.0. The molecular weight excluding hydrogens is 562 g/mol. The van der Waals surface area contributed by atoms with E-state index in [9.17, 15) is 8.42 Å². The fraction of sp³-hybridized carbons (Fsp3) is 0.552. The van der Waals surface area contributed by atoms with Crippen molar-refractivity contribution in [2.75, 3.05) is 23.4 Å². The molecule has 2 fully saturated rings. The number of benzene rings is 1. The van der Waals surface area contributed by atoms with Gasteiger partial charge in [-0.15, -0.1) is 0 Å². The summed E-state index contributed by atoms with van der Waals surface area (Å²) in [5, 5.41) is 20.6. The largest absolute Gasteiger partial charge is 0.488 e. The Bertz CT molecular complexity index is 1400. The minimum Gasteiger partial charge on any atom is -0.488 e. The van der Waals surface area contributed by atoms with Gasteiger partial charge in [0.15, 0.2) is 20.7 Å². The van der Waals surface area contributed by atoms with Crippen LogP contribution in [-0.4, -0.2) is 54.4 Å². The van der Waals surface area contributed by atoms with Crippen LogP contribution in [0, 0.1) is 18.3 Å². The summed E-state index contributed by atoms with van der Waals surface area (Å²) >= 11 is 6.40. The molecule has 1 aliphatic heterocycles. The lowest BCUT2D eigenvalue weighted by atomic mass is 9.82. The van der Waals surface area contributed by atoms with Gasteiger partial charge in [0.2, 0.25) is 5.95 Å². The molecule has 1 aromatic carbocycles. The normalized spacial score (nSPS) is 21.5. The number of piperidine rings is 1. The molecule has 2 aliphatic rings. The van der Waals surface area contributed by atoms with Crippen LogP contribution >= 0.6 is 11.6 Å². The first-order valence-corrected chi connectivity index (χ1v) is 16.2. The van der Waals surface area contributed by atoms with Crippen molar-refractivity contribution < 1.29 is 13.2 Å². The van der Waals surface area contributed by atoms with E-state index < -0.39 is 14.9 Å². The Morgan fingerprint density at radius 1 is 1.24 bits per heavy atom. The fourth-order valence-corrected chi connectivity index (χ4v) is 6.91. The van der Waals surface area contributed by atoms with E-state index in [4.69, 9.17) is 21.7 Å². The molecule has 2 unspecified atom stereocenters. The third kappa shape index (κ3) is 8.11. The van der Waals surface area contributed by atoms with E-state index >= 15 is 0 Å². The van der Waals surface area contributed by atoms with Crippen LogP contribution in [0.3, 0.4) is 0 Å². The molecule has 224 valence electrons. The van der Waals surface area contributed by atoms with Crippen molar-refractivity contribution >= 4 is 43.9 Å². The van der Waals surface area contributed by atoms with Crippen LogP contribution in [0.5, 0.6) is 5.75 Å². The van der Waals surface area contributed by atoms with Gasteiger partial charge in [-0.05, 0) is 81.5 Å². The van der Waals surface area contributed by atoms with Gasteiger partial charge >= 0.3 is 0 Å². The summed E-state index contributed by atoms with van der Waals surface area (Å²) in [4.78, 5) is 8.88. The van der Waals surface area contributed by atoms with Crippen molar-refractivity contribution in [2.45, 2.75) is 84.4 Å². The Kier molecular flexibility index (Phi) is 9.81. The van der Waals surface area contributed by atoms with Crippen LogP contribution in [0.25, 0.3) is 0 Å². The summed E-state index contributed by atoms with van der Waals surface area (Å²) in [6.45, 7) is 10.2. The number of nitrogens with zero attached hydrogens (tertiary/aromatic N) is 2. The number of aromatic nitrogens is 2. The molecule has 2 heterocycles. The van der Waals surface area contributed by atoms with Gasteiger partial charge in [0.05, 0.1) is 29.4 Å². The van der Waals surface area contributed by atoms with Crippen molar-refractivity contribution in [1.82, 2.24) is 20.6 Å². The summed E-state index contributed by atoms with van der Waals surface area (Å²) in [7, 11) is -2.20. The molecule has 41 heavy (non-hydrogen) atoms. The molecule has 1 aromatic heterocycles. The number of hydrogen-bond acceptors (Lipinski definition) is 10. The average molecular weight is 604 g/mol. The van der Waals surface area contributed by atoms with Crippen LogP contribution in [0.15, 0.2) is 30.2 Å². The Morgan fingerprint density at radius 3 is 2.54 bits per heavy atom. The summed E-state index contributed by atoms with van der Waals surface area (Å²) in [6, 6.07) is 5.14. The first kappa shape index (κ1) is 31.1. The lowest BCUT2D eigenvalue weighted by Crippen LogP contribution is -2.41. The van der Waals surface area contributed by atoms with E-state index in [1.165, 1.54) is 18.0 Å². The Balaban J connectivity index is 1.61. The lowest BCUT2D eigenvalue weighted by molar-refractivity contribution is 0.300. The van der Waals surface area contributed by atoms with Crippen molar-refractivity contribution in [3.05, 3.63) is 46.4 Å². The van der Waals surface area contributed by atoms with Crippen LogP contribution in [0.2, 0.25) is 5.02 Å². The number of hydrogen-bond donors (Lipinski definition) is 5. The molecule has 1 saturated carbocycles. The summed E-state index contributed by atoms with van der Waals surface area (Å²) < 4.78 is 31.8. The monoisotopic (exact) mass is 603 g/mol. The molecule has 5 N–H and O–H groups in total. The number of sulfone groups is 1. The maximum Gasteiger partial charge on any atom is 0.229 e. The van der Waals surface area contributed by atoms with Gasteiger partial charge in [0, 0.05) is 25.3 Å². The highest BCUT2D eigenvalue weighted by Gasteiger charge is 2.29. The molecular formula is C29H42ClN7O3S. The molecule has 12 heteroatoms. The maximum absolute atomic E-state index is 12.8. The molecule has 0 bridgehead atoms. The third-order valence-electron chi connectivity index (χ3n) is 7.11. The number of rotatable bonds is 11. The topological polar surface area (TPSA) is 141 Å². The number of anilines is 3. The van der Waals surface area contributed by atoms with E-state index in [-0.39, 0.29) is 40.3 Å². The van der Waals surface area contributed by atoms with E-state index in [1.807, 2.05) is 0 Å². The first-order chi connectivity index (χ1) is 19.4. The predicted octanol–water partition coefficient (Wildman–Crippen LogP) is 5.49. The zero-order valence-electron chi connectivity index (χ0n) is 24.6. The van der Waals surface area contributed by atoms with E-state index in [1.54, 1.807) is 20.9 Å². The summed E-state index contributed by atoms with van der Waals surface area (Å²) in [5.74, 6) is 1.36. The smallest absolute Gasteiger partial charge is 0.229 e. The maximum atomic E-state index is 12.8. The van der Waals surface area contributed by atoms with Crippen LogP contribution < -0.4 is 26.0 Å². The number of aryl methyl sites for hydroxylation is 1. The molecule has 0 radical (unpaired) electrons. The SMILES string of the molecule is CN/C=C(/Nc1nc(Nc2cc(C)c(C3CC(C)NC(C)C3)cc2OC2CC2)ncc1Cl)C(=N)S(=O)(=O)CC(C)C. The van der Waals surface area contributed by atoms with E-state index in [0.29, 0.717) is 18.0 Å². The molecule has 2 aromatic rings. The van der Waals surface area contributed by atoms with Crippen molar-refractivity contribution in [2.24, 2.45) is 5.92 Å². The van der Waals surface area contributed by atoms with Gasteiger partial charge < -0.3 is 26.0 Å². The van der Waals surface area contributed by atoms with Gasteiger partial charge in [-0.1, -0.05) is 25.4 Å². The second-order valence-electron chi connectivity index (χ2n) is 11.7. The Hall–Kier alpha value is -2.89. The third-order valence-corrected chi connectivity index (χ3v) is 9.34. The van der Waals surface area contributed by atoms with Gasteiger partial charge in [-0.25, -0.2) is 13.4 Å². The number of halogens is 1. The van der Waals surface area contributed by atoms with Gasteiger partial charge in [-0.2, -0.15) is 4.98 Å². The predicted molar refractivity (Wildman–Crippen MR) is 166 cm³/mol. The molecule has 10 nitrogen and oxygen atoms in total. The van der Waals surface area contributed by atoms with E-state index in [0.717, 1.165) is 42.7 Å². The van der Waals surface area contributed by atoms with Gasteiger partial charge in [-0.3, -0.25) is 5.41 Å². The molecule has 1 aliphatic carbocycles. The van der Waals surface area contributed by atoms with Crippen LogP contribution in [-0.2, 0) is 9.84 Å². The quantitative estimate of drug-likeness (QED) is 0.166. The standard InChI is InChI=1S/C29H42ClN7O3S/c1-16(2)15-41(38,39)27(31)25(14-32-6)35-28-23(30)13-33-29(37-28)36-24-9-17(3)22(12-26(24)40-21-7-8-21)20-10-18(4)34-19(5)11-20/h9,12-14,16,18-21,31-32,34H,7-8,10-11,15H2,1-6H3,(H2,33,35,36,37)/b25-14+,31-27?. The zero-order valence-corrected chi connectivity index (χ0v) is 26.2. The average Bonchev–Trinajstić information content (AvgIpc) is 3.69. The molecule has 2 atom stereocenters. The highest BCUT2D eigenvalue weighted by atomic mass is 35.5. The van der Waals surface area contributed by atoms with Crippen LogP contribution in [0.4, 0.5) is 17.5 Å². The zero-order chi connectivity index (χ0) is 29.9.